The Hall–Kier alpha value is -2.65. The lowest BCUT2D eigenvalue weighted by atomic mass is 10.0. The van der Waals surface area contributed by atoms with Gasteiger partial charge in [0.2, 0.25) is 0 Å². The summed E-state index contributed by atoms with van der Waals surface area (Å²) in [6.45, 7) is 5.16. The number of carbonyl (C=O) groups excluding carboxylic acids is 5. The van der Waals surface area contributed by atoms with Crippen LogP contribution in [0.15, 0.2) is 0 Å². The molecule has 0 aliphatic rings. The molecular formula is C16H24O10. The first kappa shape index (κ1) is 23.4. The normalized spacial score (nSPS) is 13.6. The minimum Gasteiger partial charge on any atom is -0.466 e. The summed E-state index contributed by atoms with van der Waals surface area (Å²) in [5.41, 5.74) is 0. The molecule has 26 heavy (non-hydrogen) atoms. The summed E-state index contributed by atoms with van der Waals surface area (Å²) in [5.74, 6) is -3.34. The fourth-order valence-corrected chi connectivity index (χ4v) is 2.01. The summed E-state index contributed by atoms with van der Waals surface area (Å²) < 4.78 is 25.0. The van der Waals surface area contributed by atoms with Crippen LogP contribution in [0.3, 0.4) is 0 Å². The van der Waals surface area contributed by atoms with Gasteiger partial charge >= 0.3 is 29.8 Å². The van der Waals surface area contributed by atoms with Crippen LogP contribution in [0.1, 0.15) is 41.0 Å². The number of hydrogen-bond acceptors (Lipinski definition) is 10. The highest BCUT2D eigenvalue weighted by Gasteiger charge is 2.37. The van der Waals surface area contributed by atoms with E-state index < -0.39 is 54.8 Å². The first-order valence-electron chi connectivity index (χ1n) is 7.81. The van der Waals surface area contributed by atoms with Crippen LogP contribution in [0.5, 0.6) is 0 Å². The van der Waals surface area contributed by atoms with Crippen molar-refractivity contribution in [1.29, 1.82) is 0 Å². The Morgan fingerprint density at radius 1 is 0.615 bits per heavy atom. The molecule has 0 fully saturated rings. The van der Waals surface area contributed by atoms with E-state index in [1.165, 1.54) is 6.92 Å². The second-order valence-electron chi connectivity index (χ2n) is 5.30. The van der Waals surface area contributed by atoms with Gasteiger partial charge in [-0.15, -0.1) is 0 Å². The van der Waals surface area contributed by atoms with E-state index in [9.17, 15) is 24.0 Å². The molecule has 0 saturated heterocycles. The molecule has 0 N–H and O–H groups in total. The van der Waals surface area contributed by atoms with Crippen molar-refractivity contribution in [2.45, 2.75) is 59.4 Å². The summed E-state index contributed by atoms with van der Waals surface area (Å²) in [4.78, 5) is 56.2. The van der Waals surface area contributed by atoms with E-state index in [0.29, 0.717) is 0 Å². The summed E-state index contributed by atoms with van der Waals surface area (Å²) in [7, 11) is 0. The Kier molecular flexibility index (Phi) is 10.6. The first-order valence-corrected chi connectivity index (χ1v) is 7.81. The molecule has 0 rings (SSSR count). The maximum Gasteiger partial charge on any atom is 0.303 e. The van der Waals surface area contributed by atoms with Crippen molar-refractivity contribution in [3.8, 4) is 0 Å². The van der Waals surface area contributed by atoms with Crippen molar-refractivity contribution in [3.05, 3.63) is 0 Å². The molecule has 0 aliphatic carbocycles. The number of hydrogen-bond donors (Lipinski definition) is 0. The fraction of sp³-hybridized carbons (Fsp3) is 0.688. The Balaban J connectivity index is 5.51. The second kappa shape index (κ2) is 11.8. The highest BCUT2D eigenvalue weighted by atomic mass is 16.6. The van der Waals surface area contributed by atoms with Crippen molar-refractivity contribution in [2.75, 3.05) is 13.2 Å². The van der Waals surface area contributed by atoms with E-state index in [-0.39, 0.29) is 13.0 Å². The quantitative estimate of drug-likeness (QED) is 0.387. The van der Waals surface area contributed by atoms with E-state index in [1.54, 1.807) is 0 Å². The summed E-state index contributed by atoms with van der Waals surface area (Å²) in [6, 6.07) is 0. The predicted molar refractivity (Wildman–Crippen MR) is 84.5 cm³/mol. The number of esters is 5. The zero-order valence-corrected chi connectivity index (χ0v) is 15.4. The predicted octanol–water partition coefficient (Wildman–Crippen LogP) is 0.298. The highest BCUT2D eigenvalue weighted by Crippen LogP contribution is 2.18. The fourth-order valence-electron chi connectivity index (χ4n) is 2.01. The molecule has 0 aromatic heterocycles. The van der Waals surface area contributed by atoms with Crippen molar-refractivity contribution in [1.82, 2.24) is 0 Å². The third kappa shape index (κ3) is 11.0. The Bertz CT molecular complexity index is 527. The van der Waals surface area contributed by atoms with Crippen LogP contribution < -0.4 is 0 Å². The van der Waals surface area contributed by atoms with Crippen LogP contribution in [0.25, 0.3) is 0 Å². The first-order chi connectivity index (χ1) is 12.0. The second-order valence-corrected chi connectivity index (χ2v) is 5.30. The molecule has 0 radical (unpaired) electrons. The Morgan fingerprint density at radius 2 is 1.08 bits per heavy atom. The number of ether oxygens (including phenoxy) is 5. The zero-order chi connectivity index (χ0) is 20.3. The van der Waals surface area contributed by atoms with Gasteiger partial charge in [0.05, 0.1) is 6.61 Å². The monoisotopic (exact) mass is 376 g/mol. The van der Waals surface area contributed by atoms with Gasteiger partial charge in [-0.3, -0.25) is 24.0 Å². The third-order valence-electron chi connectivity index (χ3n) is 2.83. The molecule has 0 bridgehead atoms. The lowest BCUT2D eigenvalue weighted by molar-refractivity contribution is -0.190. The number of carbonyl (C=O) groups is 5. The van der Waals surface area contributed by atoms with Crippen LogP contribution in [-0.2, 0) is 47.7 Å². The van der Waals surface area contributed by atoms with Crippen molar-refractivity contribution in [2.24, 2.45) is 0 Å². The molecule has 0 aliphatic heterocycles. The minimum absolute atomic E-state index is 0.0328. The smallest absolute Gasteiger partial charge is 0.303 e. The highest BCUT2D eigenvalue weighted by molar-refractivity contribution is 5.69. The lowest BCUT2D eigenvalue weighted by Gasteiger charge is -2.31. The largest absolute Gasteiger partial charge is 0.466 e. The SMILES string of the molecule is CC(=O)OCCC(OC(C)=O)C(OC(C)=O)C(COC(C)=O)OC(C)=O. The van der Waals surface area contributed by atoms with Gasteiger partial charge in [-0.2, -0.15) is 0 Å². The average Bonchev–Trinajstić information content (AvgIpc) is 2.46. The Morgan fingerprint density at radius 3 is 1.50 bits per heavy atom. The molecule has 0 heterocycles. The van der Waals surface area contributed by atoms with E-state index in [0.717, 1.165) is 27.7 Å². The molecule has 0 aromatic carbocycles. The third-order valence-corrected chi connectivity index (χ3v) is 2.83. The number of rotatable bonds is 10. The van der Waals surface area contributed by atoms with Gasteiger partial charge in [0, 0.05) is 41.0 Å². The van der Waals surface area contributed by atoms with E-state index in [2.05, 4.69) is 0 Å². The van der Waals surface area contributed by atoms with Gasteiger partial charge in [0.15, 0.2) is 12.2 Å². The molecule has 0 spiro atoms. The van der Waals surface area contributed by atoms with Crippen LogP contribution >= 0.6 is 0 Å². The van der Waals surface area contributed by atoms with E-state index in [4.69, 9.17) is 23.7 Å². The van der Waals surface area contributed by atoms with Gasteiger partial charge in [-0.25, -0.2) is 0 Å². The van der Waals surface area contributed by atoms with Gasteiger partial charge in [0.1, 0.15) is 12.7 Å². The van der Waals surface area contributed by atoms with Crippen molar-refractivity contribution < 1.29 is 47.7 Å². The van der Waals surface area contributed by atoms with E-state index in [1.807, 2.05) is 0 Å². The molecule has 10 nitrogen and oxygen atoms in total. The zero-order valence-electron chi connectivity index (χ0n) is 15.4. The van der Waals surface area contributed by atoms with Gasteiger partial charge in [0.25, 0.3) is 0 Å². The molecule has 10 heteroatoms. The van der Waals surface area contributed by atoms with Crippen molar-refractivity contribution >= 4 is 29.8 Å². The molecule has 0 amide bonds. The average molecular weight is 376 g/mol. The van der Waals surface area contributed by atoms with Crippen LogP contribution in [-0.4, -0.2) is 61.4 Å². The standard InChI is InChI=1S/C16H24O10/c1-9(17)22-7-6-14(24-11(3)19)16(26-13(5)21)15(25-12(4)20)8-23-10(2)18/h14-16H,6-8H2,1-5H3. The van der Waals surface area contributed by atoms with Crippen LogP contribution in [0, 0.1) is 0 Å². The molecule has 0 saturated carbocycles. The maximum atomic E-state index is 11.5. The van der Waals surface area contributed by atoms with E-state index >= 15 is 0 Å². The molecular weight excluding hydrogens is 352 g/mol. The summed E-state index contributed by atoms with van der Waals surface area (Å²) >= 11 is 0. The maximum absolute atomic E-state index is 11.5. The summed E-state index contributed by atoms with van der Waals surface area (Å²) in [5, 5.41) is 0. The lowest BCUT2D eigenvalue weighted by Crippen LogP contribution is -2.47. The summed E-state index contributed by atoms with van der Waals surface area (Å²) in [6.07, 6.45) is -3.62. The van der Waals surface area contributed by atoms with Crippen LogP contribution in [0.2, 0.25) is 0 Å². The molecule has 0 aromatic rings. The topological polar surface area (TPSA) is 132 Å². The van der Waals surface area contributed by atoms with Gasteiger partial charge in [-0.1, -0.05) is 0 Å². The van der Waals surface area contributed by atoms with Gasteiger partial charge < -0.3 is 23.7 Å². The van der Waals surface area contributed by atoms with Crippen molar-refractivity contribution in [3.63, 3.8) is 0 Å². The molecule has 3 unspecified atom stereocenters. The molecule has 148 valence electrons. The minimum atomic E-state index is -1.27. The molecule has 3 atom stereocenters. The Labute approximate surface area is 151 Å². The van der Waals surface area contributed by atoms with Gasteiger partial charge in [-0.05, 0) is 0 Å². The van der Waals surface area contributed by atoms with Crippen LogP contribution in [0.4, 0.5) is 0 Å².